The van der Waals surface area contributed by atoms with Gasteiger partial charge >= 0.3 is 0 Å². The first-order valence-corrected chi connectivity index (χ1v) is 6.59. The van der Waals surface area contributed by atoms with Crippen molar-refractivity contribution < 1.29 is 19.2 Å². The fourth-order valence-corrected chi connectivity index (χ4v) is 2.93. The average molecular weight is 274 g/mol. The van der Waals surface area contributed by atoms with Crippen LogP contribution in [0.1, 0.15) is 13.3 Å². The van der Waals surface area contributed by atoms with Crippen LogP contribution in [0.5, 0.6) is 0 Å². The fraction of sp³-hybridized carbons (Fsp3) is 0.429. The standard InChI is InChI=1S/C14H14N2O4/c1-3-4-16-13(19)9-5-7-8(6-10(9)14(16)20)12(18)15(2)11(7)17/h5-8H,3-4H2,1-2H3. The molecule has 0 aromatic heterocycles. The summed E-state index contributed by atoms with van der Waals surface area (Å²) in [5, 5.41) is 0. The number of nitrogens with zero attached hydrogens (tertiary/aromatic N) is 2. The van der Waals surface area contributed by atoms with Crippen molar-refractivity contribution in [2.45, 2.75) is 13.3 Å². The molecule has 1 aliphatic carbocycles. The Balaban J connectivity index is 2.04. The van der Waals surface area contributed by atoms with E-state index < -0.39 is 11.8 Å². The highest BCUT2D eigenvalue weighted by Crippen LogP contribution is 2.39. The van der Waals surface area contributed by atoms with Crippen LogP contribution in [0.2, 0.25) is 0 Å². The number of imide groups is 2. The van der Waals surface area contributed by atoms with E-state index in [2.05, 4.69) is 0 Å². The molecule has 0 aromatic carbocycles. The second-order valence-corrected chi connectivity index (χ2v) is 5.21. The summed E-state index contributed by atoms with van der Waals surface area (Å²) < 4.78 is 0. The van der Waals surface area contributed by atoms with E-state index in [9.17, 15) is 19.2 Å². The third-order valence-corrected chi connectivity index (χ3v) is 4.00. The van der Waals surface area contributed by atoms with Crippen molar-refractivity contribution in [1.82, 2.24) is 9.80 Å². The smallest absolute Gasteiger partial charge is 0.261 e. The Morgan fingerprint density at radius 3 is 1.80 bits per heavy atom. The van der Waals surface area contributed by atoms with Gasteiger partial charge in [-0.3, -0.25) is 29.0 Å². The lowest BCUT2D eigenvalue weighted by atomic mass is 9.84. The largest absolute Gasteiger partial charge is 0.285 e. The summed E-state index contributed by atoms with van der Waals surface area (Å²) in [7, 11) is 1.42. The molecule has 0 N–H and O–H groups in total. The van der Waals surface area contributed by atoms with Crippen LogP contribution in [0.15, 0.2) is 23.3 Å². The lowest BCUT2D eigenvalue weighted by Crippen LogP contribution is -2.30. The highest BCUT2D eigenvalue weighted by atomic mass is 16.2. The number of carbonyl (C=O) groups excluding carboxylic acids is 4. The van der Waals surface area contributed by atoms with Crippen molar-refractivity contribution in [3.63, 3.8) is 0 Å². The fourth-order valence-electron chi connectivity index (χ4n) is 2.93. The van der Waals surface area contributed by atoms with Crippen LogP contribution in [-0.2, 0) is 19.2 Å². The van der Waals surface area contributed by atoms with E-state index in [0.717, 1.165) is 4.90 Å². The van der Waals surface area contributed by atoms with Crippen molar-refractivity contribution >= 4 is 23.6 Å². The topological polar surface area (TPSA) is 74.8 Å². The molecule has 0 aromatic rings. The van der Waals surface area contributed by atoms with Crippen LogP contribution in [0.4, 0.5) is 0 Å². The molecule has 4 amide bonds. The van der Waals surface area contributed by atoms with Gasteiger partial charge < -0.3 is 0 Å². The quantitative estimate of drug-likeness (QED) is 0.657. The highest BCUT2D eigenvalue weighted by Gasteiger charge is 2.50. The summed E-state index contributed by atoms with van der Waals surface area (Å²) >= 11 is 0. The van der Waals surface area contributed by atoms with Gasteiger partial charge in [0.25, 0.3) is 11.8 Å². The molecule has 2 heterocycles. The Bertz CT molecular complexity index is 567. The molecule has 0 saturated carbocycles. The minimum absolute atomic E-state index is 0.265. The van der Waals surface area contributed by atoms with Crippen LogP contribution in [0, 0.1) is 11.8 Å². The van der Waals surface area contributed by atoms with Crippen molar-refractivity contribution in [3.05, 3.63) is 23.3 Å². The first-order valence-electron chi connectivity index (χ1n) is 6.59. The molecule has 6 nitrogen and oxygen atoms in total. The van der Waals surface area contributed by atoms with Crippen molar-refractivity contribution in [2.75, 3.05) is 13.6 Å². The Kier molecular flexibility index (Phi) is 2.64. The third-order valence-electron chi connectivity index (χ3n) is 4.00. The molecule has 6 heteroatoms. The van der Waals surface area contributed by atoms with Crippen molar-refractivity contribution in [2.24, 2.45) is 11.8 Å². The average Bonchev–Trinajstić information content (AvgIpc) is 2.80. The molecule has 104 valence electrons. The minimum atomic E-state index is -0.649. The Morgan fingerprint density at radius 1 is 0.950 bits per heavy atom. The molecule has 2 aliphatic heterocycles. The van der Waals surface area contributed by atoms with Crippen molar-refractivity contribution in [3.8, 4) is 0 Å². The van der Waals surface area contributed by atoms with Gasteiger partial charge in [0.2, 0.25) is 11.8 Å². The van der Waals surface area contributed by atoms with E-state index in [1.165, 1.54) is 24.1 Å². The van der Waals surface area contributed by atoms with Gasteiger partial charge in [0.05, 0.1) is 11.8 Å². The normalized spacial score (nSPS) is 28.7. The number of likely N-dealkylation sites (tertiary alicyclic amines) is 2. The predicted octanol–water partition coefficient (Wildman–Crippen LogP) is -0.137. The maximum atomic E-state index is 12.2. The molecule has 2 fully saturated rings. The van der Waals surface area contributed by atoms with Gasteiger partial charge in [0, 0.05) is 24.7 Å². The summed E-state index contributed by atoms with van der Waals surface area (Å²) in [6, 6.07) is 0. The zero-order valence-electron chi connectivity index (χ0n) is 11.3. The SMILES string of the molecule is CCCN1C(=O)C2=CC3C(=O)N(C)C(=O)C3C=C2C1=O. The van der Waals surface area contributed by atoms with Crippen molar-refractivity contribution in [1.29, 1.82) is 0 Å². The van der Waals surface area contributed by atoms with E-state index >= 15 is 0 Å². The van der Waals surface area contributed by atoms with Crippen LogP contribution in [0.3, 0.4) is 0 Å². The lowest BCUT2D eigenvalue weighted by Gasteiger charge is -2.13. The molecule has 0 bridgehead atoms. The third kappa shape index (κ3) is 1.44. The summed E-state index contributed by atoms with van der Waals surface area (Å²) in [6.07, 6.45) is 3.64. The molecule has 0 spiro atoms. The molecule has 2 atom stereocenters. The Hall–Kier alpha value is -2.24. The maximum Gasteiger partial charge on any atom is 0.261 e. The summed E-state index contributed by atoms with van der Waals surface area (Å²) in [5.41, 5.74) is 0.530. The molecule has 2 saturated heterocycles. The van der Waals surface area contributed by atoms with E-state index in [0.29, 0.717) is 13.0 Å². The Labute approximate surface area is 115 Å². The molecule has 0 radical (unpaired) electrons. The van der Waals surface area contributed by atoms with Gasteiger partial charge in [-0.05, 0) is 6.42 Å². The molecule has 3 aliphatic rings. The van der Waals surface area contributed by atoms with Crippen LogP contribution in [0.25, 0.3) is 0 Å². The van der Waals surface area contributed by atoms with E-state index in [-0.39, 0.29) is 34.8 Å². The first-order chi connectivity index (χ1) is 9.47. The van der Waals surface area contributed by atoms with E-state index in [4.69, 9.17) is 0 Å². The van der Waals surface area contributed by atoms with Gasteiger partial charge in [0.1, 0.15) is 0 Å². The minimum Gasteiger partial charge on any atom is -0.285 e. The number of carbonyl (C=O) groups is 4. The van der Waals surface area contributed by atoms with Crippen LogP contribution >= 0.6 is 0 Å². The number of rotatable bonds is 2. The zero-order valence-corrected chi connectivity index (χ0v) is 11.3. The molecular weight excluding hydrogens is 260 g/mol. The van der Waals surface area contributed by atoms with Crippen LogP contribution < -0.4 is 0 Å². The summed E-state index contributed by atoms with van der Waals surface area (Å²) in [5.74, 6) is -2.67. The molecular formula is C14H14N2O4. The second kappa shape index (κ2) is 4.13. The predicted molar refractivity (Wildman–Crippen MR) is 67.9 cm³/mol. The van der Waals surface area contributed by atoms with Gasteiger partial charge in [0.15, 0.2) is 0 Å². The number of hydrogen-bond acceptors (Lipinski definition) is 4. The lowest BCUT2D eigenvalue weighted by molar-refractivity contribution is -0.138. The zero-order chi connectivity index (χ0) is 14.6. The monoisotopic (exact) mass is 274 g/mol. The van der Waals surface area contributed by atoms with Gasteiger partial charge in [-0.1, -0.05) is 19.1 Å². The number of hydrogen-bond donors (Lipinski definition) is 0. The molecule has 3 rings (SSSR count). The maximum absolute atomic E-state index is 12.2. The highest BCUT2D eigenvalue weighted by molar-refractivity contribution is 6.26. The van der Waals surface area contributed by atoms with Gasteiger partial charge in [-0.15, -0.1) is 0 Å². The van der Waals surface area contributed by atoms with Gasteiger partial charge in [-0.25, -0.2) is 0 Å². The molecule has 2 unspecified atom stereocenters. The number of fused-ring (bicyclic) bond motifs is 2. The summed E-state index contributed by atoms with van der Waals surface area (Å²) in [4.78, 5) is 50.5. The first kappa shape index (κ1) is 12.8. The van der Waals surface area contributed by atoms with E-state index in [1.54, 1.807) is 0 Å². The number of amides is 4. The summed E-state index contributed by atoms with van der Waals surface area (Å²) in [6.45, 7) is 2.23. The second-order valence-electron chi connectivity index (χ2n) is 5.21. The van der Waals surface area contributed by atoms with Gasteiger partial charge in [-0.2, -0.15) is 0 Å². The Morgan fingerprint density at radius 2 is 1.40 bits per heavy atom. The van der Waals surface area contributed by atoms with Crippen LogP contribution in [-0.4, -0.2) is 47.0 Å². The van der Waals surface area contributed by atoms with E-state index in [1.807, 2.05) is 6.92 Å². The molecule has 20 heavy (non-hydrogen) atoms.